The summed E-state index contributed by atoms with van der Waals surface area (Å²) in [7, 11) is 0. The Hall–Kier alpha value is -1.89. The summed E-state index contributed by atoms with van der Waals surface area (Å²) in [5.74, 6) is -0.272. The van der Waals surface area contributed by atoms with Gasteiger partial charge in [-0.3, -0.25) is 9.48 Å². The van der Waals surface area contributed by atoms with Crippen LogP contribution in [0, 0.1) is 12.8 Å². The van der Waals surface area contributed by atoms with E-state index in [0.717, 1.165) is 28.9 Å². The third kappa shape index (κ3) is 4.14. The number of nitrogens with one attached hydrogen (secondary N) is 1. The fourth-order valence-corrected chi connectivity index (χ4v) is 3.40. The van der Waals surface area contributed by atoms with E-state index in [9.17, 15) is 9.59 Å². The predicted octanol–water partition coefficient (Wildman–Crippen LogP) is 3.13. The number of esters is 1. The molecule has 0 aromatic carbocycles. The molecule has 7 heteroatoms. The first-order valence-corrected chi connectivity index (χ1v) is 9.10. The molecule has 2 aromatic rings. The van der Waals surface area contributed by atoms with Crippen LogP contribution in [0.2, 0.25) is 0 Å². The van der Waals surface area contributed by atoms with Crippen LogP contribution in [0.1, 0.15) is 49.5 Å². The summed E-state index contributed by atoms with van der Waals surface area (Å²) >= 11 is 1.36. The molecule has 1 atom stereocenters. The maximum atomic E-state index is 12.3. The predicted molar refractivity (Wildman–Crippen MR) is 95.4 cm³/mol. The maximum Gasteiger partial charge on any atom is 0.349 e. The minimum atomic E-state index is -0.803. The number of nitrogens with zero attached hydrogens (tertiary/aromatic N) is 2. The number of carbonyl (C=O) groups excluding carboxylic acids is 2. The Morgan fingerprint density at radius 1 is 1.38 bits per heavy atom. The smallest absolute Gasteiger partial charge is 0.349 e. The zero-order chi connectivity index (χ0) is 17.9. The van der Waals surface area contributed by atoms with Crippen LogP contribution in [0.25, 0.3) is 10.2 Å². The molecule has 0 aliphatic heterocycles. The van der Waals surface area contributed by atoms with E-state index in [0.29, 0.717) is 17.3 Å². The van der Waals surface area contributed by atoms with E-state index < -0.39 is 12.1 Å². The molecule has 0 radical (unpaired) electrons. The van der Waals surface area contributed by atoms with Crippen molar-refractivity contribution < 1.29 is 14.3 Å². The van der Waals surface area contributed by atoms with Gasteiger partial charge in [-0.2, -0.15) is 5.10 Å². The van der Waals surface area contributed by atoms with Gasteiger partial charge in [0.15, 0.2) is 6.10 Å². The van der Waals surface area contributed by atoms with E-state index in [1.807, 2.05) is 18.5 Å². The Bertz CT molecular complexity index is 733. The molecule has 132 valence electrons. The first-order chi connectivity index (χ1) is 11.3. The lowest BCUT2D eigenvalue weighted by atomic mass is 10.2. The number of amides is 1. The molecule has 1 amide bonds. The number of fused-ring (bicyclic) bond motifs is 1. The van der Waals surface area contributed by atoms with Gasteiger partial charge in [-0.25, -0.2) is 4.79 Å². The molecule has 0 bridgehead atoms. The normalized spacial score (nSPS) is 12.6. The lowest BCUT2D eigenvalue weighted by molar-refractivity contribution is -0.129. The maximum absolute atomic E-state index is 12.3. The topological polar surface area (TPSA) is 73.2 Å². The van der Waals surface area contributed by atoms with E-state index in [2.05, 4.69) is 24.3 Å². The van der Waals surface area contributed by atoms with Gasteiger partial charge in [0.2, 0.25) is 0 Å². The molecule has 0 aliphatic carbocycles. The third-order valence-electron chi connectivity index (χ3n) is 3.55. The van der Waals surface area contributed by atoms with Crippen LogP contribution in [0.3, 0.4) is 0 Å². The van der Waals surface area contributed by atoms with Crippen molar-refractivity contribution >= 4 is 33.4 Å². The fraction of sp³-hybridized carbons (Fsp3) is 0.588. The summed E-state index contributed by atoms with van der Waals surface area (Å²) in [4.78, 5) is 25.6. The molecule has 1 N–H and O–H groups in total. The molecule has 1 unspecified atom stereocenters. The van der Waals surface area contributed by atoms with Gasteiger partial charge >= 0.3 is 5.97 Å². The van der Waals surface area contributed by atoms with Gasteiger partial charge in [-0.05, 0) is 32.3 Å². The van der Waals surface area contributed by atoms with Crippen molar-refractivity contribution in [3.8, 4) is 0 Å². The molecule has 2 heterocycles. The zero-order valence-corrected chi connectivity index (χ0v) is 15.7. The van der Waals surface area contributed by atoms with Gasteiger partial charge < -0.3 is 10.1 Å². The van der Waals surface area contributed by atoms with E-state index in [4.69, 9.17) is 4.74 Å². The van der Waals surface area contributed by atoms with Crippen LogP contribution >= 0.6 is 11.3 Å². The van der Waals surface area contributed by atoms with Crippen molar-refractivity contribution in [3.63, 3.8) is 0 Å². The average molecular weight is 351 g/mol. The third-order valence-corrected chi connectivity index (χ3v) is 4.68. The van der Waals surface area contributed by atoms with Crippen LogP contribution in [0.5, 0.6) is 0 Å². The van der Waals surface area contributed by atoms with Crippen molar-refractivity contribution in [2.45, 2.75) is 53.7 Å². The number of carbonyl (C=O) groups is 2. The number of ether oxygens (including phenoxy) is 1. The number of aromatic nitrogens is 2. The van der Waals surface area contributed by atoms with E-state index in [1.54, 1.807) is 13.0 Å². The van der Waals surface area contributed by atoms with Crippen molar-refractivity contribution in [1.29, 1.82) is 0 Å². The van der Waals surface area contributed by atoms with Crippen LogP contribution in [0.15, 0.2) is 6.07 Å². The Morgan fingerprint density at radius 2 is 2.08 bits per heavy atom. The number of hydrogen-bond donors (Lipinski definition) is 1. The SMILES string of the molecule is CCCNC(=O)C(C)OC(=O)c1cc2c(C)nn(CC(C)C)c2s1. The molecular formula is C17H25N3O3S. The Balaban J connectivity index is 2.14. The van der Waals surface area contributed by atoms with E-state index in [-0.39, 0.29) is 5.91 Å². The van der Waals surface area contributed by atoms with Crippen LogP contribution in [-0.2, 0) is 16.1 Å². The first kappa shape index (κ1) is 18.4. The summed E-state index contributed by atoms with van der Waals surface area (Å²) in [5, 5.41) is 8.22. The Morgan fingerprint density at radius 3 is 2.71 bits per heavy atom. The molecule has 2 aromatic heterocycles. The molecule has 0 aliphatic rings. The summed E-state index contributed by atoms with van der Waals surface area (Å²) < 4.78 is 7.22. The van der Waals surface area contributed by atoms with Crippen LogP contribution in [0.4, 0.5) is 0 Å². The highest BCUT2D eigenvalue weighted by Crippen LogP contribution is 2.29. The molecule has 0 fully saturated rings. The minimum absolute atomic E-state index is 0.270. The van der Waals surface area contributed by atoms with Crippen molar-refractivity contribution in [2.75, 3.05) is 6.54 Å². The summed E-state index contributed by atoms with van der Waals surface area (Å²) in [6.45, 7) is 11.1. The highest BCUT2D eigenvalue weighted by Gasteiger charge is 2.22. The Kier molecular flexibility index (Phi) is 5.99. The second kappa shape index (κ2) is 7.79. The second-order valence-corrected chi connectivity index (χ2v) is 7.36. The van der Waals surface area contributed by atoms with E-state index >= 15 is 0 Å². The van der Waals surface area contributed by atoms with Crippen molar-refractivity contribution in [3.05, 3.63) is 16.6 Å². The van der Waals surface area contributed by atoms with Gasteiger partial charge in [0.05, 0.1) is 5.69 Å². The van der Waals surface area contributed by atoms with Crippen LogP contribution < -0.4 is 5.32 Å². The molecule has 2 rings (SSSR count). The summed E-state index contributed by atoms with van der Waals surface area (Å²) in [5.41, 5.74) is 0.898. The molecule has 6 nitrogen and oxygen atoms in total. The fourth-order valence-electron chi connectivity index (χ4n) is 2.35. The van der Waals surface area contributed by atoms with Gasteiger partial charge in [0, 0.05) is 18.5 Å². The van der Waals surface area contributed by atoms with Crippen molar-refractivity contribution in [2.24, 2.45) is 5.92 Å². The van der Waals surface area contributed by atoms with E-state index in [1.165, 1.54) is 11.3 Å². The van der Waals surface area contributed by atoms with Gasteiger partial charge in [-0.1, -0.05) is 20.8 Å². The second-order valence-electron chi connectivity index (χ2n) is 6.33. The molecular weight excluding hydrogens is 326 g/mol. The highest BCUT2D eigenvalue weighted by molar-refractivity contribution is 7.20. The van der Waals surface area contributed by atoms with Gasteiger partial charge in [0.1, 0.15) is 9.71 Å². The number of aryl methyl sites for hydroxylation is 1. The largest absolute Gasteiger partial charge is 0.448 e. The first-order valence-electron chi connectivity index (χ1n) is 8.29. The summed E-state index contributed by atoms with van der Waals surface area (Å²) in [6.07, 6.45) is 0.0384. The minimum Gasteiger partial charge on any atom is -0.448 e. The molecule has 0 spiro atoms. The van der Waals surface area contributed by atoms with Gasteiger partial charge in [-0.15, -0.1) is 11.3 Å². The average Bonchev–Trinajstić information content (AvgIpc) is 3.06. The number of rotatable bonds is 7. The quantitative estimate of drug-likeness (QED) is 0.778. The lowest BCUT2D eigenvalue weighted by Gasteiger charge is -2.12. The zero-order valence-electron chi connectivity index (χ0n) is 14.9. The number of hydrogen-bond acceptors (Lipinski definition) is 5. The Labute approximate surface area is 146 Å². The monoisotopic (exact) mass is 351 g/mol. The number of thiophene rings is 1. The summed E-state index contributed by atoms with van der Waals surface area (Å²) in [6, 6.07) is 1.80. The lowest BCUT2D eigenvalue weighted by Crippen LogP contribution is -2.36. The van der Waals surface area contributed by atoms with Crippen LogP contribution in [-0.4, -0.2) is 34.3 Å². The van der Waals surface area contributed by atoms with Gasteiger partial charge in [0.25, 0.3) is 5.91 Å². The standard InChI is InChI=1S/C17H25N3O3S/c1-6-7-18-15(21)12(5)23-17(22)14-8-13-11(4)19-20(9-10(2)3)16(13)24-14/h8,10,12H,6-7,9H2,1-5H3,(H,18,21). The molecule has 24 heavy (non-hydrogen) atoms. The molecule has 0 saturated heterocycles. The highest BCUT2D eigenvalue weighted by atomic mass is 32.1. The molecule has 0 saturated carbocycles. The van der Waals surface area contributed by atoms with Crippen molar-refractivity contribution in [1.82, 2.24) is 15.1 Å².